The minimum Gasteiger partial charge on any atom is -0.228 e. The van der Waals surface area contributed by atoms with E-state index in [-0.39, 0.29) is 0 Å². The van der Waals surface area contributed by atoms with Gasteiger partial charge in [-0.1, -0.05) is 0 Å². The Kier molecular flexibility index (Phi) is 1.56. The fraction of sp³-hybridized carbons (Fsp3) is 0.500. The van der Waals surface area contributed by atoms with Crippen LogP contribution in [0.4, 0.5) is 0 Å². The van der Waals surface area contributed by atoms with Crippen LogP contribution in [0.5, 0.6) is 0 Å². The van der Waals surface area contributed by atoms with Gasteiger partial charge in [0.2, 0.25) is 0 Å². The highest BCUT2D eigenvalue weighted by Crippen LogP contribution is 2.08. The van der Waals surface area contributed by atoms with Crippen molar-refractivity contribution in [2.24, 2.45) is 4.40 Å². The zero-order valence-corrected chi connectivity index (χ0v) is 4.16. The van der Waals surface area contributed by atoms with Gasteiger partial charge in [-0.05, 0) is 18.4 Å². The second-order valence-corrected chi connectivity index (χ2v) is 1.90. The maximum absolute atomic E-state index is 3.86. The van der Waals surface area contributed by atoms with Gasteiger partial charge >= 0.3 is 0 Å². The molecule has 32 valence electrons. The summed E-state index contributed by atoms with van der Waals surface area (Å²) in [4.78, 5) is 0. The number of rotatable bonds is 0. The van der Waals surface area contributed by atoms with E-state index in [2.05, 4.69) is 10.8 Å². The average molecular weight is 99.2 g/mol. The molecule has 0 aliphatic carbocycles. The molecule has 0 aromatic heterocycles. The van der Waals surface area contributed by atoms with Gasteiger partial charge in [0.05, 0.1) is 0 Å². The van der Waals surface area contributed by atoms with Crippen molar-refractivity contribution in [1.29, 1.82) is 0 Å². The predicted molar refractivity (Wildman–Crippen MR) is 28.8 cm³/mol. The summed E-state index contributed by atoms with van der Waals surface area (Å²) < 4.78 is 3.86. The lowest BCUT2D eigenvalue weighted by atomic mass is 10.4. The topological polar surface area (TPSA) is 12.4 Å². The summed E-state index contributed by atoms with van der Waals surface area (Å²) in [6, 6.07) is 0. The summed E-state index contributed by atoms with van der Waals surface area (Å²) in [5.41, 5.74) is 0. The molecule has 2 heteroatoms. The van der Waals surface area contributed by atoms with Crippen molar-refractivity contribution in [2.45, 2.75) is 6.42 Å². The number of hydrogen-bond donors (Lipinski definition) is 0. The first-order chi connectivity index (χ1) is 3.00. The van der Waals surface area contributed by atoms with Crippen LogP contribution in [0.2, 0.25) is 0 Å². The molecule has 0 aromatic carbocycles. The molecule has 1 aliphatic rings. The van der Waals surface area contributed by atoms with Crippen molar-refractivity contribution in [2.75, 3.05) is 5.75 Å². The molecule has 6 heavy (non-hydrogen) atoms. The molecule has 2 radical (unpaired) electrons. The van der Waals surface area contributed by atoms with Gasteiger partial charge in [0.1, 0.15) is 0 Å². The molecule has 0 fully saturated rings. The van der Waals surface area contributed by atoms with E-state index in [9.17, 15) is 0 Å². The molecular weight excluding hydrogens is 94.1 g/mol. The molecule has 0 unspecified atom stereocenters. The Morgan fingerprint density at radius 1 is 1.83 bits per heavy atom. The van der Waals surface area contributed by atoms with Gasteiger partial charge < -0.3 is 0 Å². The van der Waals surface area contributed by atoms with Crippen LogP contribution in [-0.2, 0) is 0 Å². The molecule has 0 bridgehead atoms. The second kappa shape index (κ2) is 2.24. The molecule has 0 atom stereocenters. The van der Waals surface area contributed by atoms with Gasteiger partial charge in [-0.3, -0.25) is 0 Å². The molecule has 0 spiro atoms. The van der Waals surface area contributed by atoms with Crippen LogP contribution in [0, 0.1) is 6.42 Å². The molecule has 0 saturated carbocycles. The fourth-order valence-electron chi connectivity index (χ4n) is 0.296. The number of hydrogen-bond acceptors (Lipinski definition) is 2. The molecule has 1 aliphatic heterocycles. The van der Waals surface area contributed by atoms with Crippen LogP contribution in [0.3, 0.4) is 0 Å². The van der Waals surface area contributed by atoms with Crippen LogP contribution in [-0.4, -0.2) is 12.0 Å². The number of nitrogens with zero attached hydrogens (tertiary/aromatic N) is 1. The quantitative estimate of drug-likeness (QED) is 0.415. The minimum atomic E-state index is 1.06. The SMILES string of the molecule is [C]1C=NSCC1. The molecular formula is C4H5NS. The first-order valence-corrected chi connectivity index (χ1v) is 2.81. The molecule has 0 N–H and O–H groups in total. The summed E-state index contributed by atoms with van der Waals surface area (Å²) >= 11 is 1.60. The highest BCUT2D eigenvalue weighted by atomic mass is 32.2. The molecule has 1 rings (SSSR count). The molecule has 1 nitrogen and oxygen atoms in total. The summed E-state index contributed by atoms with van der Waals surface area (Å²) in [5.74, 6) is 1.11. The van der Waals surface area contributed by atoms with Gasteiger partial charge in [0.15, 0.2) is 0 Å². The lowest BCUT2D eigenvalue weighted by Crippen LogP contribution is -1.85. The Labute approximate surface area is 42.0 Å². The van der Waals surface area contributed by atoms with Crippen LogP contribution in [0.25, 0.3) is 0 Å². The highest BCUT2D eigenvalue weighted by Gasteiger charge is 1.90. The maximum Gasteiger partial charge on any atom is 0.0303 e. The Morgan fingerprint density at radius 2 is 2.83 bits per heavy atom. The average Bonchev–Trinajstić information content (AvgIpc) is 1.72. The third-order valence-electron chi connectivity index (χ3n) is 0.556. The van der Waals surface area contributed by atoms with E-state index in [4.69, 9.17) is 0 Å². The van der Waals surface area contributed by atoms with Crippen molar-refractivity contribution < 1.29 is 0 Å². The first kappa shape index (κ1) is 4.19. The van der Waals surface area contributed by atoms with E-state index in [1.54, 1.807) is 18.2 Å². The highest BCUT2D eigenvalue weighted by molar-refractivity contribution is 7.98. The second-order valence-electron chi connectivity index (χ2n) is 1.02. The summed E-state index contributed by atoms with van der Waals surface area (Å²) in [5, 5.41) is 0. The monoisotopic (exact) mass is 99.0 g/mol. The molecule has 1 heterocycles. The van der Waals surface area contributed by atoms with E-state index in [1.807, 2.05) is 0 Å². The summed E-state index contributed by atoms with van der Waals surface area (Å²) in [6.07, 6.45) is 5.77. The lowest BCUT2D eigenvalue weighted by Gasteiger charge is -1.95. The van der Waals surface area contributed by atoms with Crippen LogP contribution >= 0.6 is 11.9 Å². The van der Waals surface area contributed by atoms with E-state index < -0.39 is 0 Å². The van der Waals surface area contributed by atoms with Crippen molar-refractivity contribution in [1.82, 2.24) is 0 Å². The van der Waals surface area contributed by atoms with Crippen LogP contribution in [0.1, 0.15) is 6.42 Å². The Balaban J connectivity index is 2.26. The zero-order valence-electron chi connectivity index (χ0n) is 3.35. The third kappa shape index (κ3) is 1.01. The Bertz CT molecular complexity index is 52.6. The lowest BCUT2D eigenvalue weighted by molar-refractivity contribution is 1.19. The normalized spacial score (nSPS) is 21.3. The minimum absolute atomic E-state index is 1.06. The maximum atomic E-state index is 3.86. The van der Waals surface area contributed by atoms with E-state index in [1.165, 1.54) is 0 Å². The van der Waals surface area contributed by atoms with Gasteiger partial charge in [-0.15, -0.1) is 0 Å². The van der Waals surface area contributed by atoms with Gasteiger partial charge in [0.25, 0.3) is 0 Å². The van der Waals surface area contributed by atoms with Gasteiger partial charge in [-0.2, -0.15) is 0 Å². The van der Waals surface area contributed by atoms with Crippen molar-refractivity contribution >= 4 is 18.2 Å². The summed E-state index contributed by atoms with van der Waals surface area (Å²) in [7, 11) is 0. The van der Waals surface area contributed by atoms with Crippen LogP contribution in [0.15, 0.2) is 4.40 Å². The summed E-state index contributed by atoms with van der Waals surface area (Å²) in [6.45, 7) is 0. The van der Waals surface area contributed by atoms with E-state index in [0.29, 0.717) is 0 Å². The van der Waals surface area contributed by atoms with E-state index >= 15 is 0 Å². The molecule has 0 amide bonds. The van der Waals surface area contributed by atoms with Gasteiger partial charge in [-0.25, -0.2) is 4.40 Å². The first-order valence-electron chi connectivity index (χ1n) is 1.87. The fourth-order valence-corrected chi connectivity index (χ4v) is 0.760. The van der Waals surface area contributed by atoms with Crippen molar-refractivity contribution in [3.8, 4) is 0 Å². The Hall–Kier alpha value is 0.0200. The van der Waals surface area contributed by atoms with Gasteiger partial charge in [0, 0.05) is 18.4 Å². The third-order valence-corrected chi connectivity index (χ3v) is 1.20. The van der Waals surface area contributed by atoms with Crippen molar-refractivity contribution in [3.05, 3.63) is 6.42 Å². The standard InChI is InChI=1S/C4H5NS/c1-2-4-6-5-3-1/h3H,2,4H2. The smallest absolute Gasteiger partial charge is 0.0303 e. The largest absolute Gasteiger partial charge is 0.228 e. The molecule has 0 aromatic rings. The molecule has 0 saturated heterocycles. The Morgan fingerprint density at radius 3 is 3.00 bits per heavy atom. The zero-order chi connectivity index (χ0) is 4.24. The van der Waals surface area contributed by atoms with Crippen molar-refractivity contribution in [3.63, 3.8) is 0 Å². The van der Waals surface area contributed by atoms with Crippen LogP contribution < -0.4 is 0 Å². The predicted octanol–water partition coefficient (Wildman–Crippen LogP) is 1.19. The van der Waals surface area contributed by atoms with E-state index in [0.717, 1.165) is 12.2 Å².